The lowest BCUT2D eigenvalue weighted by Gasteiger charge is -2.18. The number of unbranched alkanes of at least 4 members (excludes halogenated alkanes) is 1. The topological polar surface area (TPSA) is 50.7 Å². The van der Waals surface area contributed by atoms with Gasteiger partial charge in [-0.05, 0) is 53.8 Å². The number of nitrogens with one attached hydrogen (secondary N) is 1. The minimum absolute atomic E-state index is 0.0523. The molecule has 4 rings (SSSR count). The van der Waals surface area contributed by atoms with Crippen LogP contribution in [0.1, 0.15) is 42.9 Å². The highest BCUT2D eigenvalue weighted by molar-refractivity contribution is 5.87. The lowest BCUT2D eigenvalue weighted by molar-refractivity contribution is -0.122. The van der Waals surface area contributed by atoms with Crippen molar-refractivity contribution >= 4 is 12.1 Å². The molecule has 0 bridgehead atoms. The van der Waals surface area contributed by atoms with Crippen molar-refractivity contribution < 1.29 is 9.53 Å². The number of hydrogen-bond donors (Lipinski definition) is 1. The van der Waals surface area contributed by atoms with E-state index in [1.54, 1.807) is 6.21 Å². The third-order valence-corrected chi connectivity index (χ3v) is 5.89. The number of carbonyl (C=O) groups excluding carboxylic acids is 1. The van der Waals surface area contributed by atoms with Crippen molar-refractivity contribution in [3.05, 3.63) is 102 Å². The molecule has 1 aliphatic carbocycles. The zero-order chi connectivity index (χ0) is 21.5. The van der Waals surface area contributed by atoms with Crippen LogP contribution in [0.3, 0.4) is 0 Å². The van der Waals surface area contributed by atoms with E-state index in [-0.39, 0.29) is 17.2 Å². The molecular weight excluding hydrogens is 384 g/mol. The van der Waals surface area contributed by atoms with Gasteiger partial charge in [0, 0.05) is 5.41 Å². The second-order valence-electron chi connectivity index (χ2n) is 7.97. The lowest BCUT2D eigenvalue weighted by Crippen LogP contribution is -2.25. The van der Waals surface area contributed by atoms with Crippen molar-refractivity contribution in [3.63, 3.8) is 0 Å². The quantitative estimate of drug-likeness (QED) is 0.294. The van der Waals surface area contributed by atoms with E-state index in [1.165, 1.54) is 11.1 Å². The van der Waals surface area contributed by atoms with Gasteiger partial charge in [0.25, 0.3) is 0 Å². The summed E-state index contributed by atoms with van der Waals surface area (Å²) in [7, 11) is 0. The molecule has 0 saturated heterocycles. The maximum absolute atomic E-state index is 12.9. The predicted octanol–water partition coefficient (Wildman–Crippen LogP) is 5.32. The van der Waals surface area contributed by atoms with Crippen LogP contribution in [0.25, 0.3) is 0 Å². The van der Waals surface area contributed by atoms with Crippen molar-refractivity contribution in [2.24, 2.45) is 11.0 Å². The molecule has 1 N–H and O–H groups in total. The van der Waals surface area contributed by atoms with E-state index < -0.39 is 0 Å². The third-order valence-electron chi connectivity index (χ3n) is 5.89. The average Bonchev–Trinajstić information content (AvgIpc) is 3.59. The summed E-state index contributed by atoms with van der Waals surface area (Å²) in [4.78, 5) is 12.9. The molecule has 4 heteroatoms. The Morgan fingerprint density at radius 2 is 1.61 bits per heavy atom. The minimum atomic E-state index is -0.278. The first kappa shape index (κ1) is 20.9. The van der Waals surface area contributed by atoms with E-state index in [0.717, 1.165) is 37.2 Å². The molecule has 3 aromatic carbocycles. The molecule has 3 aromatic rings. The molecule has 31 heavy (non-hydrogen) atoms. The largest absolute Gasteiger partial charge is 0.494 e. The summed E-state index contributed by atoms with van der Waals surface area (Å²) in [6.45, 7) is 2.87. The Labute approximate surface area is 184 Å². The van der Waals surface area contributed by atoms with E-state index in [9.17, 15) is 4.79 Å². The zero-order valence-corrected chi connectivity index (χ0v) is 17.8. The van der Waals surface area contributed by atoms with Crippen LogP contribution in [0.15, 0.2) is 90.0 Å². The van der Waals surface area contributed by atoms with Crippen molar-refractivity contribution in [2.45, 2.75) is 31.6 Å². The molecule has 1 amide bonds. The van der Waals surface area contributed by atoms with Gasteiger partial charge in [-0.25, -0.2) is 5.43 Å². The summed E-state index contributed by atoms with van der Waals surface area (Å²) in [6, 6.07) is 28.3. The van der Waals surface area contributed by atoms with Crippen molar-refractivity contribution in [2.75, 3.05) is 6.61 Å². The van der Waals surface area contributed by atoms with Gasteiger partial charge in [0.1, 0.15) is 5.75 Å². The fourth-order valence-corrected chi connectivity index (χ4v) is 4.09. The van der Waals surface area contributed by atoms with Gasteiger partial charge in [0.2, 0.25) is 5.91 Å². The fraction of sp³-hybridized carbons (Fsp3) is 0.259. The molecule has 0 unspecified atom stereocenters. The highest BCUT2D eigenvalue weighted by atomic mass is 16.5. The molecule has 1 saturated carbocycles. The molecule has 1 atom stereocenters. The Bertz CT molecular complexity index is 975. The molecule has 0 spiro atoms. The Balaban J connectivity index is 1.41. The third kappa shape index (κ3) is 4.69. The molecule has 0 aromatic heterocycles. The molecule has 0 heterocycles. The second kappa shape index (κ2) is 9.61. The average molecular weight is 413 g/mol. The van der Waals surface area contributed by atoms with E-state index in [0.29, 0.717) is 0 Å². The van der Waals surface area contributed by atoms with Gasteiger partial charge in [0.05, 0.1) is 18.7 Å². The summed E-state index contributed by atoms with van der Waals surface area (Å²) < 4.78 is 5.68. The van der Waals surface area contributed by atoms with E-state index in [2.05, 4.69) is 41.7 Å². The number of amides is 1. The fourth-order valence-electron chi connectivity index (χ4n) is 4.09. The number of rotatable bonds is 9. The monoisotopic (exact) mass is 412 g/mol. The summed E-state index contributed by atoms with van der Waals surface area (Å²) in [6.07, 6.45) is 4.61. The molecule has 1 aliphatic rings. The van der Waals surface area contributed by atoms with Crippen molar-refractivity contribution in [3.8, 4) is 5.75 Å². The number of nitrogens with zero attached hydrogens (tertiary/aromatic N) is 1. The molecule has 4 nitrogen and oxygen atoms in total. The van der Waals surface area contributed by atoms with Crippen LogP contribution in [0.2, 0.25) is 0 Å². The first-order chi connectivity index (χ1) is 15.2. The van der Waals surface area contributed by atoms with Gasteiger partial charge in [-0.3, -0.25) is 4.79 Å². The summed E-state index contributed by atoms with van der Waals surface area (Å²) >= 11 is 0. The minimum Gasteiger partial charge on any atom is -0.494 e. The van der Waals surface area contributed by atoms with Gasteiger partial charge < -0.3 is 4.74 Å². The van der Waals surface area contributed by atoms with Crippen LogP contribution in [-0.2, 0) is 10.2 Å². The summed E-state index contributed by atoms with van der Waals surface area (Å²) in [5, 5.41) is 4.20. The molecular formula is C27H28N2O2. The van der Waals surface area contributed by atoms with Crippen LogP contribution in [-0.4, -0.2) is 18.7 Å². The lowest BCUT2D eigenvalue weighted by atomic mass is 9.85. The van der Waals surface area contributed by atoms with Gasteiger partial charge in [-0.1, -0.05) is 74.0 Å². The molecule has 1 fully saturated rings. The number of benzene rings is 3. The van der Waals surface area contributed by atoms with Crippen LogP contribution >= 0.6 is 0 Å². The van der Waals surface area contributed by atoms with Gasteiger partial charge in [0.15, 0.2) is 0 Å². The summed E-state index contributed by atoms with van der Waals surface area (Å²) in [5.41, 5.74) is 5.72. The van der Waals surface area contributed by atoms with Crippen LogP contribution in [0.4, 0.5) is 0 Å². The Morgan fingerprint density at radius 3 is 2.19 bits per heavy atom. The van der Waals surface area contributed by atoms with E-state index in [4.69, 9.17) is 4.74 Å². The normalized spacial score (nSPS) is 16.7. The predicted molar refractivity (Wildman–Crippen MR) is 124 cm³/mol. The number of hydrazone groups is 1. The Kier molecular flexibility index (Phi) is 6.46. The SMILES string of the molecule is CCCCOc1ccc(/C=N\NC(=O)[C@@H]2CC2(c2ccccc2)c2ccccc2)cc1. The highest BCUT2D eigenvalue weighted by Crippen LogP contribution is 2.58. The van der Waals surface area contributed by atoms with Crippen LogP contribution in [0, 0.1) is 5.92 Å². The first-order valence-corrected chi connectivity index (χ1v) is 10.9. The summed E-state index contributed by atoms with van der Waals surface area (Å²) in [5.74, 6) is 0.662. The van der Waals surface area contributed by atoms with Crippen LogP contribution < -0.4 is 10.2 Å². The van der Waals surface area contributed by atoms with Gasteiger partial charge in [-0.2, -0.15) is 5.10 Å². The second-order valence-corrected chi connectivity index (χ2v) is 7.97. The Hall–Kier alpha value is -3.40. The maximum Gasteiger partial charge on any atom is 0.244 e. The standard InChI is InChI=1S/C27H28N2O2/c1-2-3-18-31-24-16-14-21(15-17-24)20-28-29-26(30)25-19-27(25,22-10-6-4-7-11-22)23-12-8-5-9-13-23/h4-17,20,25H,2-3,18-19H2,1H3,(H,29,30)/b28-20-/t25-/m0/s1. The number of carbonyl (C=O) groups is 1. The highest BCUT2D eigenvalue weighted by Gasteiger charge is 2.60. The van der Waals surface area contributed by atoms with Crippen molar-refractivity contribution in [1.29, 1.82) is 0 Å². The van der Waals surface area contributed by atoms with E-state index >= 15 is 0 Å². The number of ether oxygens (including phenoxy) is 1. The maximum atomic E-state index is 12.9. The smallest absolute Gasteiger partial charge is 0.244 e. The van der Waals surface area contributed by atoms with Gasteiger partial charge in [-0.15, -0.1) is 0 Å². The number of hydrogen-bond acceptors (Lipinski definition) is 3. The first-order valence-electron chi connectivity index (χ1n) is 10.9. The van der Waals surface area contributed by atoms with Crippen molar-refractivity contribution in [1.82, 2.24) is 5.43 Å². The van der Waals surface area contributed by atoms with Crippen LogP contribution in [0.5, 0.6) is 5.75 Å². The molecule has 0 aliphatic heterocycles. The zero-order valence-electron chi connectivity index (χ0n) is 17.8. The molecule has 158 valence electrons. The van der Waals surface area contributed by atoms with Gasteiger partial charge >= 0.3 is 0 Å². The molecule has 0 radical (unpaired) electrons. The van der Waals surface area contributed by atoms with E-state index in [1.807, 2.05) is 60.7 Å². The Morgan fingerprint density at radius 1 is 1.00 bits per heavy atom.